The van der Waals surface area contributed by atoms with Gasteiger partial charge in [-0.25, -0.2) is 0 Å². The Hall–Kier alpha value is -2.66. The highest BCUT2D eigenvalue weighted by molar-refractivity contribution is 7.99. The molecule has 3 atom stereocenters. The van der Waals surface area contributed by atoms with Gasteiger partial charge in [-0.15, -0.1) is 11.8 Å². The predicted octanol–water partition coefficient (Wildman–Crippen LogP) is -1.21. The highest BCUT2D eigenvalue weighted by atomic mass is 32.2. The minimum absolute atomic E-state index is 0.0690. The van der Waals surface area contributed by atoms with Crippen molar-refractivity contribution in [1.29, 1.82) is 0 Å². The Labute approximate surface area is 184 Å². The fourth-order valence-electron chi connectivity index (χ4n) is 4.06. The van der Waals surface area contributed by atoms with E-state index in [1.54, 1.807) is 39.9 Å². The summed E-state index contributed by atoms with van der Waals surface area (Å²) in [4.78, 5) is 58.4. The first-order chi connectivity index (χ1) is 15.0. The Kier molecular flexibility index (Phi) is 6.71. The molecule has 0 aliphatic carbocycles. The van der Waals surface area contributed by atoms with Gasteiger partial charge in [0.15, 0.2) is 0 Å². The average molecular weight is 447 g/mol. The zero-order valence-corrected chi connectivity index (χ0v) is 17.9. The fraction of sp³-hybridized carbons (Fsp3) is 0.550. The molecule has 166 valence electrons. The van der Waals surface area contributed by atoms with Crippen LogP contribution in [0.5, 0.6) is 0 Å². The standard InChI is InChI=1S/C20H26N6O4S/c27-17-14(4-2-6-22-17)24-18(28)16-10-25(19(29)13-3-1-5-21-9-13)7-8-26(16)20(30)15-11-31-12-23-15/h1,3,5,9,14-16,23H,2,4,6-8,10-12H2,(H,22,27)(H,24,28)/t14-,15-,16-/m0/s1. The van der Waals surface area contributed by atoms with Gasteiger partial charge in [0, 0.05) is 43.7 Å². The lowest BCUT2D eigenvalue weighted by atomic mass is 10.0. The maximum absolute atomic E-state index is 13.2. The number of rotatable bonds is 4. The number of hydrogen-bond donors (Lipinski definition) is 3. The molecule has 3 fully saturated rings. The van der Waals surface area contributed by atoms with Crippen LogP contribution in [-0.4, -0.2) is 94.3 Å². The number of aromatic nitrogens is 1. The molecule has 3 aliphatic heterocycles. The molecule has 4 rings (SSSR count). The quantitative estimate of drug-likeness (QED) is 0.530. The molecular formula is C20H26N6O4S. The highest BCUT2D eigenvalue weighted by Gasteiger charge is 2.41. The lowest BCUT2D eigenvalue weighted by Gasteiger charge is -2.42. The Morgan fingerprint density at radius 2 is 2.13 bits per heavy atom. The molecule has 3 N–H and O–H groups in total. The largest absolute Gasteiger partial charge is 0.354 e. The zero-order chi connectivity index (χ0) is 21.8. The third kappa shape index (κ3) is 4.82. The first-order valence-corrected chi connectivity index (χ1v) is 11.6. The zero-order valence-electron chi connectivity index (χ0n) is 17.1. The van der Waals surface area contributed by atoms with Crippen LogP contribution in [0.3, 0.4) is 0 Å². The molecule has 31 heavy (non-hydrogen) atoms. The molecule has 0 spiro atoms. The second-order valence-electron chi connectivity index (χ2n) is 7.81. The number of hydrogen-bond acceptors (Lipinski definition) is 7. The molecule has 0 saturated carbocycles. The van der Waals surface area contributed by atoms with Crippen molar-refractivity contribution in [3.05, 3.63) is 30.1 Å². The summed E-state index contributed by atoms with van der Waals surface area (Å²) in [7, 11) is 0. The van der Waals surface area contributed by atoms with E-state index in [-0.39, 0.29) is 36.9 Å². The number of amides is 4. The van der Waals surface area contributed by atoms with Crippen molar-refractivity contribution >= 4 is 35.4 Å². The number of thioether (sulfide) groups is 1. The summed E-state index contributed by atoms with van der Waals surface area (Å²) in [5.41, 5.74) is 0.432. The number of piperidine rings is 1. The summed E-state index contributed by atoms with van der Waals surface area (Å²) >= 11 is 1.63. The van der Waals surface area contributed by atoms with E-state index in [0.717, 1.165) is 6.42 Å². The molecule has 4 amide bonds. The van der Waals surface area contributed by atoms with Crippen LogP contribution in [-0.2, 0) is 14.4 Å². The number of nitrogens with zero attached hydrogens (tertiary/aromatic N) is 3. The predicted molar refractivity (Wildman–Crippen MR) is 114 cm³/mol. The SMILES string of the molecule is O=C1NCCC[C@@H]1NC(=O)[C@@H]1CN(C(=O)c2cccnc2)CCN1C(=O)[C@@H]1CSCN1. The monoisotopic (exact) mass is 446 g/mol. The van der Waals surface area contributed by atoms with Crippen molar-refractivity contribution in [3.63, 3.8) is 0 Å². The number of nitrogens with one attached hydrogen (secondary N) is 3. The van der Waals surface area contributed by atoms with Crippen molar-refractivity contribution in [1.82, 2.24) is 30.7 Å². The molecule has 0 bridgehead atoms. The topological polar surface area (TPSA) is 124 Å². The lowest BCUT2D eigenvalue weighted by molar-refractivity contribution is -0.145. The molecule has 0 aromatic carbocycles. The molecule has 10 nitrogen and oxygen atoms in total. The van der Waals surface area contributed by atoms with E-state index in [9.17, 15) is 19.2 Å². The van der Waals surface area contributed by atoms with Crippen LogP contribution in [0, 0.1) is 0 Å². The van der Waals surface area contributed by atoms with E-state index in [1.807, 2.05) is 0 Å². The third-order valence-electron chi connectivity index (χ3n) is 5.78. The fourth-order valence-corrected chi connectivity index (χ4v) is 4.99. The van der Waals surface area contributed by atoms with E-state index >= 15 is 0 Å². The number of piperazine rings is 1. The Balaban J connectivity index is 1.51. The Bertz CT molecular complexity index is 847. The summed E-state index contributed by atoms with van der Waals surface area (Å²) in [6.45, 7) is 1.24. The summed E-state index contributed by atoms with van der Waals surface area (Å²) in [5, 5.41) is 8.69. The molecular weight excluding hydrogens is 420 g/mol. The molecule has 1 aromatic heterocycles. The second-order valence-corrected chi connectivity index (χ2v) is 8.84. The molecule has 4 heterocycles. The van der Waals surface area contributed by atoms with Crippen LogP contribution >= 0.6 is 11.8 Å². The van der Waals surface area contributed by atoms with Crippen LogP contribution in [0.1, 0.15) is 23.2 Å². The van der Waals surface area contributed by atoms with Crippen molar-refractivity contribution in [2.24, 2.45) is 0 Å². The van der Waals surface area contributed by atoms with Crippen LogP contribution in [0.25, 0.3) is 0 Å². The summed E-state index contributed by atoms with van der Waals surface area (Å²) in [5.74, 6) is 0.326. The minimum atomic E-state index is -0.857. The molecule has 11 heteroatoms. The van der Waals surface area contributed by atoms with E-state index < -0.39 is 18.0 Å². The Morgan fingerprint density at radius 3 is 2.84 bits per heavy atom. The first kappa shape index (κ1) is 21.6. The van der Waals surface area contributed by atoms with Gasteiger partial charge in [-0.2, -0.15) is 0 Å². The average Bonchev–Trinajstić information content (AvgIpc) is 3.35. The lowest BCUT2D eigenvalue weighted by Crippen LogP contribution is -2.65. The summed E-state index contributed by atoms with van der Waals surface area (Å²) in [6, 6.07) is 1.53. The van der Waals surface area contributed by atoms with Gasteiger partial charge < -0.3 is 20.4 Å². The van der Waals surface area contributed by atoms with Gasteiger partial charge in [0.1, 0.15) is 12.1 Å². The first-order valence-electron chi connectivity index (χ1n) is 10.4. The van der Waals surface area contributed by atoms with Gasteiger partial charge in [-0.1, -0.05) is 0 Å². The van der Waals surface area contributed by atoms with E-state index in [2.05, 4.69) is 20.9 Å². The molecule has 0 radical (unpaired) electrons. The van der Waals surface area contributed by atoms with E-state index in [4.69, 9.17) is 0 Å². The third-order valence-corrected chi connectivity index (χ3v) is 6.72. The van der Waals surface area contributed by atoms with Crippen LogP contribution < -0.4 is 16.0 Å². The van der Waals surface area contributed by atoms with Gasteiger partial charge in [0.25, 0.3) is 5.91 Å². The highest BCUT2D eigenvalue weighted by Crippen LogP contribution is 2.19. The maximum Gasteiger partial charge on any atom is 0.255 e. The van der Waals surface area contributed by atoms with Crippen molar-refractivity contribution < 1.29 is 19.2 Å². The summed E-state index contributed by atoms with van der Waals surface area (Å²) < 4.78 is 0. The van der Waals surface area contributed by atoms with Crippen LogP contribution in [0.2, 0.25) is 0 Å². The second kappa shape index (κ2) is 9.65. The molecule has 3 saturated heterocycles. The number of carbonyl (C=O) groups excluding carboxylic acids is 4. The molecule has 3 aliphatic rings. The van der Waals surface area contributed by atoms with Gasteiger partial charge in [-0.3, -0.25) is 29.5 Å². The maximum atomic E-state index is 13.2. The van der Waals surface area contributed by atoms with Crippen molar-refractivity contribution in [3.8, 4) is 0 Å². The van der Waals surface area contributed by atoms with Crippen LogP contribution in [0.15, 0.2) is 24.5 Å². The molecule has 1 aromatic rings. The van der Waals surface area contributed by atoms with E-state index in [0.29, 0.717) is 36.7 Å². The van der Waals surface area contributed by atoms with Gasteiger partial charge >= 0.3 is 0 Å². The van der Waals surface area contributed by atoms with Gasteiger partial charge in [0.05, 0.1) is 18.2 Å². The van der Waals surface area contributed by atoms with Crippen molar-refractivity contribution in [2.75, 3.05) is 37.8 Å². The number of carbonyl (C=O) groups is 4. The van der Waals surface area contributed by atoms with Crippen LogP contribution in [0.4, 0.5) is 0 Å². The summed E-state index contributed by atoms with van der Waals surface area (Å²) in [6.07, 6.45) is 4.41. The van der Waals surface area contributed by atoms with E-state index in [1.165, 1.54) is 6.20 Å². The molecule has 0 unspecified atom stereocenters. The normalized spacial score (nSPS) is 26.3. The van der Waals surface area contributed by atoms with Gasteiger partial charge in [-0.05, 0) is 25.0 Å². The van der Waals surface area contributed by atoms with Crippen molar-refractivity contribution in [2.45, 2.75) is 31.0 Å². The minimum Gasteiger partial charge on any atom is -0.354 e. The van der Waals surface area contributed by atoms with Gasteiger partial charge in [0.2, 0.25) is 17.7 Å². The smallest absolute Gasteiger partial charge is 0.255 e. The Morgan fingerprint density at radius 1 is 1.26 bits per heavy atom. The number of pyridine rings is 1.